The molecule has 1 unspecified atom stereocenters. The third kappa shape index (κ3) is 4.68. The summed E-state index contributed by atoms with van der Waals surface area (Å²) in [5, 5.41) is 10.1. The molecule has 6 heteroatoms. The van der Waals surface area contributed by atoms with Crippen LogP contribution in [0.5, 0.6) is 0 Å². The van der Waals surface area contributed by atoms with E-state index in [1.807, 2.05) is 0 Å². The molecule has 1 saturated heterocycles. The topological polar surface area (TPSA) is 59.0 Å². The Morgan fingerprint density at radius 1 is 1.12 bits per heavy atom. The third-order valence-electron chi connectivity index (χ3n) is 6.69. The zero-order valence-corrected chi connectivity index (χ0v) is 15.8. The Labute approximate surface area is 156 Å². The minimum atomic E-state index is -0.594. The first-order chi connectivity index (χ1) is 11.6. The highest BCUT2D eigenvalue weighted by Crippen LogP contribution is 2.61. The highest BCUT2D eigenvalue weighted by atomic mass is 35.5. The molecule has 0 aromatic rings. The summed E-state index contributed by atoms with van der Waals surface area (Å²) in [4.78, 5) is 14.5. The summed E-state index contributed by atoms with van der Waals surface area (Å²) >= 11 is 0. The lowest BCUT2D eigenvalue weighted by atomic mass is 9.49. The van der Waals surface area contributed by atoms with E-state index in [1.54, 1.807) is 0 Å². The molecule has 0 spiro atoms. The number of carbonyl (C=O) groups excluding carboxylic acids is 1. The molecule has 0 radical (unpaired) electrons. The van der Waals surface area contributed by atoms with Crippen LogP contribution in [-0.4, -0.2) is 61.5 Å². The molecule has 4 aliphatic carbocycles. The van der Waals surface area contributed by atoms with Gasteiger partial charge in [0.25, 0.3) is 0 Å². The van der Waals surface area contributed by atoms with Crippen molar-refractivity contribution in [1.29, 1.82) is 0 Å². The molecule has 5 aliphatic rings. The number of ether oxygens (including phenoxy) is 2. The molecule has 1 aliphatic heterocycles. The van der Waals surface area contributed by atoms with Gasteiger partial charge in [-0.1, -0.05) is 0 Å². The van der Waals surface area contributed by atoms with Crippen molar-refractivity contribution in [2.45, 2.75) is 51.0 Å². The number of morpholine rings is 1. The van der Waals surface area contributed by atoms with Crippen LogP contribution in [0.15, 0.2) is 0 Å². The zero-order chi connectivity index (χ0) is 16.6. The number of hydrogen-bond acceptors (Lipinski definition) is 5. The third-order valence-corrected chi connectivity index (χ3v) is 6.69. The van der Waals surface area contributed by atoms with Crippen molar-refractivity contribution >= 4 is 18.4 Å². The fourth-order valence-electron chi connectivity index (χ4n) is 6.19. The highest BCUT2D eigenvalue weighted by Gasteiger charge is 2.51. The molecule has 5 rings (SSSR count). The van der Waals surface area contributed by atoms with Crippen molar-refractivity contribution in [2.75, 3.05) is 39.5 Å². The van der Waals surface area contributed by atoms with Gasteiger partial charge in [0.15, 0.2) is 0 Å². The molecule has 1 atom stereocenters. The molecule has 0 amide bonds. The minimum Gasteiger partial charge on any atom is -0.463 e. The normalized spacial score (nSPS) is 38.2. The van der Waals surface area contributed by atoms with E-state index in [9.17, 15) is 9.90 Å². The Morgan fingerprint density at radius 3 is 2.24 bits per heavy atom. The van der Waals surface area contributed by atoms with Crippen LogP contribution in [0.3, 0.4) is 0 Å². The minimum absolute atomic E-state index is 0. The lowest BCUT2D eigenvalue weighted by Gasteiger charge is -2.56. The van der Waals surface area contributed by atoms with Crippen molar-refractivity contribution in [2.24, 2.45) is 23.2 Å². The number of aliphatic hydroxyl groups is 1. The van der Waals surface area contributed by atoms with Crippen molar-refractivity contribution in [1.82, 2.24) is 4.90 Å². The average Bonchev–Trinajstić information content (AvgIpc) is 2.52. The second kappa shape index (κ2) is 8.12. The fourth-order valence-corrected chi connectivity index (χ4v) is 6.19. The summed E-state index contributed by atoms with van der Waals surface area (Å²) in [5.74, 6) is 2.47. The van der Waals surface area contributed by atoms with Crippen LogP contribution in [-0.2, 0) is 14.3 Å². The Balaban J connectivity index is 0.00000182. The number of esters is 1. The summed E-state index contributed by atoms with van der Waals surface area (Å²) in [6.07, 6.45) is 7.84. The number of halogens is 1. The predicted molar refractivity (Wildman–Crippen MR) is 96.7 cm³/mol. The van der Waals surface area contributed by atoms with E-state index < -0.39 is 6.10 Å². The molecule has 5 fully saturated rings. The van der Waals surface area contributed by atoms with E-state index in [4.69, 9.17) is 9.47 Å². The van der Waals surface area contributed by atoms with Gasteiger partial charge in [-0.25, -0.2) is 0 Å². The number of aliphatic hydroxyl groups excluding tert-OH is 1. The quantitative estimate of drug-likeness (QED) is 0.723. The summed E-state index contributed by atoms with van der Waals surface area (Å²) in [7, 11) is 0. The molecule has 4 bridgehead atoms. The van der Waals surface area contributed by atoms with Gasteiger partial charge in [0.2, 0.25) is 0 Å². The average molecular weight is 374 g/mol. The largest absolute Gasteiger partial charge is 0.463 e. The first kappa shape index (κ1) is 19.4. The molecule has 0 aromatic carbocycles. The van der Waals surface area contributed by atoms with Gasteiger partial charge in [-0.05, 0) is 61.7 Å². The van der Waals surface area contributed by atoms with E-state index in [0.29, 0.717) is 13.0 Å². The zero-order valence-electron chi connectivity index (χ0n) is 15.0. The number of nitrogens with zero attached hydrogens (tertiary/aromatic N) is 1. The maximum atomic E-state index is 12.4. The molecule has 1 N–H and O–H groups in total. The lowest BCUT2D eigenvalue weighted by Crippen LogP contribution is -2.47. The Hall–Kier alpha value is -0.360. The predicted octanol–water partition coefficient (Wildman–Crippen LogP) is 2.25. The van der Waals surface area contributed by atoms with Crippen LogP contribution in [0.25, 0.3) is 0 Å². The molecule has 25 heavy (non-hydrogen) atoms. The lowest BCUT2D eigenvalue weighted by molar-refractivity contribution is -0.155. The Kier molecular flexibility index (Phi) is 6.30. The van der Waals surface area contributed by atoms with E-state index in [2.05, 4.69) is 4.90 Å². The first-order valence-electron chi connectivity index (χ1n) is 9.74. The van der Waals surface area contributed by atoms with Crippen molar-refractivity contribution < 1.29 is 19.4 Å². The van der Waals surface area contributed by atoms with Crippen LogP contribution in [0.2, 0.25) is 0 Å². The Morgan fingerprint density at radius 2 is 1.68 bits per heavy atom. The van der Waals surface area contributed by atoms with Gasteiger partial charge in [-0.2, -0.15) is 0 Å². The summed E-state index contributed by atoms with van der Waals surface area (Å²) in [6, 6.07) is 0. The number of β-amino-alcohol motifs (C(OH)–C–C–N with tert-alkyl or cyclic N) is 1. The van der Waals surface area contributed by atoms with Gasteiger partial charge < -0.3 is 14.6 Å². The van der Waals surface area contributed by atoms with Gasteiger partial charge in [0.1, 0.15) is 12.7 Å². The van der Waals surface area contributed by atoms with E-state index in [1.165, 1.54) is 38.5 Å². The monoisotopic (exact) mass is 373 g/mol. The molecule has 4 saturated carbocycles. The first-order valence-corrected chi connectivity index (χ1v) is 9.74. The SMILES string of the molecule is Cl.O=C(CC12CC3CC(CC(C3)C1)C2)OCC(O)CN1CCOCC1. The van der Waals surface area contributed by atoms with E-state index >= 15 is 0 Å². The van der Waals surface area contributed by atoms with Crippen molar-refractivity contribution in [3.63, 3.8) is 0 Å². The molecule has 1 heterocycles. The van der Waals surface area contributed by atoms with Crippen LogP contribution in [0.4, 0.5) is 0 Å². The number of hydrogen-bond donors (Lipinski definition) is 1. The maximum absolute atomic E-state index is 12.4. The van der Waals surface area contributed by atoms with Gasteiger partial charge >= 0.3 is 5.97 Å². The standard InChI is InChI=1S/C19H31NO4.ClH/c21-17(12-20-1-3-23-4-2-20)13-24-18(22)11-19-8-14-5-15(9-19)7-16(6-14)10-19;/h14-17,21H,1-13H2;1H. The molecular weight excluding hydrogens is 342 g/mol. The maximum Gasteiger partial charge on any atom is 0.306 e. The van der Waals surface area contributed by atoms with Crippen LogP contribution >= 0.6 is 12.4 Å². The van der Waals surface area contributed by atoms with Crippen LogP contribution < -0.4 is 0 Å². The molecule has 0 aromatic heterocycles. The van der Waals surface area contributed by atoms with Gasteiger partial charge in [-0.15, -0.1) is 12.4 Å². The van der Waals surface area contributed by atoms with E-state index in [0.717, 1.165) is 44.1 Å². The molecule has 144 valence electrons. The van der Waals surface area contributed by atoms with Crippen LogP contribution in [0, 0.1) is 23.2 Å². The number of rotatable bonds is 6. The summed E-state index contributed by atoms with van der Waals surface area (Å²) in [5.41, 5.74) is 0.223. The number of carbonyl (C=O) groups is 1. The van der Waals surface area contributed by atoms with Crippen molar-refractivity contribution in [3.8, 4) is 0 Å². The molecular formula is C19H32ClNO4. The van der Waals surface area contributed by atoms with Crippen LogP contribution in [0.1, 0.15) is 44.9 Å². The van der Waals surface area contributed by atoms with E-state index in [-0.39, 0.29) is 30.4 Å². The van der Waals surface area contributed by atoms with Gasteiger partial charge in [0.05, 0.1) is 19.6 Å². The van der Waals surface area contributed by atoms with Gasteiger partial charge in [0, 0.05) is 19.6 Å². The molecule has 5 nitrogen and oxygen atoms in total. The Bertz CT molecular complexity index is 431. The van der Waals surface area contributed by atoms with Crippen molar-refractivity contribution in [3.05, 3.63) is 0 Å². The fraction of sp³-hybridized carbons (Fsp3) is 0.947. The summed E-state index contributed by atoms with van der Waals surface area (Å²) in [6.45, 7) is 3.82. The highest BCUT2D eigenvalue weighted by molar-refractivity contribution is 5.85. The smallest absolute Gasteiger partial charge is 0.306 e. The van der Waals surface area contributed by atoms with Gasteiger partial charge in [-0.3, -0.25) is 9.69 Å². The summed E-state index contributed by atoms with van der Waals surface area (Å²) < 4.78 is 10.7. The second-order valence-electron chi connectivity index (χ2n) is 8.84. The second-order valence-corrected chi connectivity index (χ2v) is 8.84.